The minimum atomic E-state index is -1.12. The molecule has 0 saturated heterocycles. The normalized spacial score (nSPS) is 10.6. The number of rotatable bonds is 8. The Bertz CT molecular complexity index is 1230. The number of hydrogen-bond donors (Lipinski definition) is 2. The van der Waals surface area contributed by atoms with Crippen molar-refractivity contribution in [3.8, 4) is 34.2 Å². The van der Waals surface area contributed by atoms with Gasteiger partial charge in [-0.25, -0.2) is 19.7 Å². The molecule has 3 heterocycles. The van der Waals surface area contributed by atoms with Gasteiger partial charge in [-0.2, -0.15) is 0 Å². The van der Waals surface area contributed by atoms with Gasteiger partial charge in [-0.15, -0.1) is 0 Å². The second kappa shape index (κ2) is 9.17. The van der Waals surface area contributed by atoms with Gasteiger partial charge in [0.1, 0.15) is 34.9 Å². The molecule has 0 radical (unpaired) electrons. The van der Waals surface area contributed by atoms with Gasteiger partial charge in [-0.1, -0.05) is 0 Å². The molecule has 162 valence electrons. The van der Waals surface area contributed by atoms with Crippen molar-refractivity contribution in [3.63, 3.8) is 0 Å². The van der Waals surface area contributed by atoms with Gasteiger partial charge < -0.3 is 24.3 Å². The standard InChI is InChI=1S/C23H20N4O5/c1-30-15-6-5-14(20(10-15)31-2)12-25-22-17(23(28)29)11-16(18-7-8-24-13-26-18)21(27-22)19-4-3-9-32-19/h3-11,13H,12H2,1-2H3,(H,25,27)(H,28,29). The first-order chi connectivity index (χ1) is 15.6. The summed E-state index contributed by atoms with van der Waals surface area (Å²) < 4.78 is 16.2. The van der Waals surface area contributed by atoms with Crippen LogP contribution >= 0.6 is 0 Å². The number of aromatic nitrogens is 3. The summed E-state index contributed by atoms with van der Waals surface area (Å²) in [6.07, 6.45) is 4.50. The summed E-state index contributed by atoms with van der Waals surface area (Å²) in [4.78, 5) is 24.8. The minimum absolute atomic E-state index is 0.00129. The average molecular weight is 432 g/mol. The molecule has 4 rings (SSSR count). The quantitative estimate of drug-likeness (QED) is 0.423. The van der Waals surface area contributed by atoms with E-state index in [0.29, 0.717) is 34.2 Å². The third-order valence-electron chi connectivity index (χ3n) is 4.81. The molecular formula is C23H20N4O5. The summed E-state index contributed by atoms with van der Waals surface area (Å²) in [5, 5.41) is 13.0. The molecule has 0 amide bonds. The van der Waals surface area contributed by atoms with Crippen molar-refractivity contribution < 1.29 is 23.8 Å². The maximum atomic E-state index is 12.0. The largest absolute Gasteiger partial charge is 0.497 e. The van der Waals surface area contributed by atoms with Crippen LogP contribution in [0.2, 0.25) is 0 Å². The highest BCUT2D eigenvalue weighted by Gasteiger charge is 2.21. The fourth-order valence-electron chi connectivity index (χ4n) is 3.23. The van der Waals surface area contributed by atoms with E-state index in [1.54, 1.807) is 50.7 Å². The number of aromatic carboxylic acids is 1. The fraction of sp³-hybridized carbons (Fsp3) is 0.130. The van der Waals surface area contributed by atoms with E-state index in [4.69, 9.17) is 13.9 Å². The van der Waals surface area contributed by atoms with E-state index in [1.165, 1.54) is 18.7 Å². The Kier molecular flexibility index (Phi) is 5.98. The van der Waals surface area contributed by atoms with Crippen molar-refractivity contribution in [2.45, 2.75) is 6.54 Å². The Labute approximate surface area is 183 Å². The first kappa shape index (κ1) is 20.9. The molecule has 2 N–H and O–H groups in total. The van der Waals surface area contributed by atoms with E-state index in [1.807, 2.05) is 6.07 Å². The van der Waals surface area contributed by atoms with E-state index in [2.05, 4.69) is 20.3 Å². The Hall–Kier alpha value is -4.40. The van der Waals surface area contributed by atoms with Crippen molar-refractivity contribution in [3.05, 3.63) is 72.4 Å². The van der Waals surface area contributed by atoms with Crippen LogP contribution in [0, 0.1) is 0 Å². The molecule has 0 saturated carbocycles. The molecule has 0 spiro atoms. The van der Waals surface area contributed by atoms with E-state index in [9.17, 15) is 9.90 Å². The first-order valence-corrected chi connectivity index (χ1v) is 9.64. The maximum Gasteiger partial charge on any atom is 0.339 e. The van der Waals surface area contributed by atoms with Crippen LogP contribution in [0.3, 0.4) is 0 Å². The third-order valence-corrected chi connectivity index (χ3v) is 4.81. The number of furan rings is 1. The van der Waals surface area contributed by atoms with E-state index < -0.39 is 5.97 Å². The Morgan fingerprint density at radius 2 is 2.03 bits per heavy atom. The van der Waals surface area contributed by atoms with Crippen LogP contribution in [-0.2, 0) is 6.54 Å². The number of pyridine rings is 1. The molecule has 0 atom stereocenters. The Balaban J connectivity index is 1.77. The molecular weight excluding hydrogens is 412 g/mol. The van der Waals surface area contributed by atoms with Crippen molar-refractivity contribution >= 4 is 11.8 Å². The maximum absolute atomic E-state index is 12.0. The second-order valence-electron chi connectivity index (χ2n) is 6.69. The van der Waals surface area contributed by atoms with Crippen LogP contribution in [0.1, 0.15) is 15.9 Å². The molecule has 0 fully saturated rings. The van der Waals surface area contributed by atoms with Gasteiger partial charge in [0.15, 0.2) is 5.76 Å². The number of hydrogen-bond acceptors (Lipinski definition) is 8. The zero-order valence-electron chi connectivity index (χ0n) is 17.4. The molecule has 0 unspecified atom stereocenters. The fourth-order valence-corrected chi connectivity index (χ4v) is 3.23. The lowest BCUT2D eigenvalue weighted by molar-refractivity contribution is 0.0697. The summed E-state index contributed by atoms with van der Waals surface area (Å²) in [7, 11) is 3.13. The highest BCUT2D eigenvalue weighted by molar-refractivity contribution is 5.96. The van der Waals surface area contributed by atoms with Gasteiger partial charge in [0.2, 0.25) is 0 Å². The molecule has 4 aromatic rings. The van der Waals surface area contributed by atoms with Crippen molar-refractivity contribution in [2.75, 3.05) is 19.5 Å². The lowest BCUT2D eigenvalue weighted by atomic mass is 10.0. The topological polar surface area (TPSA) is 120 Å². The van der Waals surface area contributed by atoms with Gasteiger partial charge >= 0.3 is 5.97 Å². The number of carboxylic acid groups (broad SMARTS) is 1. The van der Waals surface area contributed by atoms with Gasteiger partial charge in [-0.05, 0) is 36.4 Å². The SMILES string of the molecule is COc1ccc(CNc2nc(-c3ccco3)c(-c3ccncn3)cc2C(=O)O)c(OC)c1. The van der Waals surface area contributed by atoms with Crippen LogP contribution in [-0.4, -0.2) is 40.2 Å². The predicted octanol–water partition coefficient (Wildman–Crippen LogP) is 4.13. The molecule has 1 aromatic carbocycles. The summed E-state index contributed by atoms with van der Waals surface area (Å²) in [6, 6.07) is 12.1. The molecule has 32 heavy (non-hydrogen) atoms. The lowest BCUT2D eigenvalue weighted by Gasteiger charge is -2.15. The summed E-state index contributed by atoms with van der Waals surface area (Å²) in [6.45, 7) is 0.283. The van der Waals surface area contributed by atoms with Gasteiger partial charge in [0.05, 0.1) is 26.2 Å². The number of nitrogens with one attached hydrogen (secondary N) is 1. The lowest BCUT2D eigenvalue weighted by Crippen LogP contribution is -2.11. The van der Waals surface area contributed by atoms with Crippen LogP contribution in [0.25, 0.3) is 22.7 Å². The summed E-state index contributed by atoms with van der Waals surface area (Å²) in [5.74, 6) is 0.824. The number of carbonyl (C=O) groups is 1. The molecule has 3 aromatic heterocycles. The summed E-state index contributed by atoms with van der Waals surface area (Å²) in [5.41, 5.74) is 2.33. The van der Waals surface area contributed by atoms with E-state index in [-0.39, 0.29) is 17.9 Å². The molecule has 0 aliphatic heterocycles. The number of anilines is 1. The van der Waals surface area contributed by atoms with Gasteiger partial charge in [0.25, 0.3) is 0 Å². The number of carboxylic acids is 1. The number of nitrogens with zero attached hydrogens (tertiary/aromatic N) is 3. The molecule has 9 nitrogen and oxygen atoms in total. The summed E-state index contributed by atoms with van der Waals surface area (Å²) >= 11 is 0. The highest BCUT2D eigenvalue weighted by atomic mass is 16.5. The average Bonchev–Trinajstić information content (AvgIpc) is 3.37. The monoisotopic (exact) mass is 432 g/mol. The first-order valence-electron chi connectivity index (χ1n) is 9.64. The van der Waals surface area contributed by atoms with Crippen LogP contribution in [0.15, 0.2) is 65.7 Å². The Morgan fingerprint density at radius 1 is 1.16 bits per heavy atom. The molecule has 9 heteroatoms. The molecule has 0 aliphatic rings. The van der Waals surface area contributed by atoms with E-state index >= 15 is 0 Å². The second-order valence-corrected chi connectivity index (χ2v) is 6.69. The minimum Gasteiger partial charge on any atom is -0.497 e. The number of ether oxygens (including phenoxy) is 2. The van der Waals surface area contributed by atoms with Crippen molar-refractivity contribution in [2.24, 2.45) is 0 Å². The van der Waals surface area contributed by atoms with Crippen molar-refractivity contribution in [1.29, 1.82) is 0 Å². The molecule has 0 bridgehead atoms. The smallest absolute Gasteiger partial charge is 0.339 e. The Morgan fingerprint density at radius 3 is 2.69 bits per heavy atom. The highest BCUT2D eigenvalue weighted by Crippen LogP contribution is 2.34. The van der Waals surface area contributed by atoms with Crippen molar-refractivity contribution in [1.82, 2.24) is 15.0 Å². The zero-order valence-corrected chi connectivity index (χ0v) is 17.4. The van der Waals surface area contributed by atoms with E-state index in [0.717, 1.165) is 5.56 Å². The van der Waals surface area contributed by atoms with Crippen LogP contribution in [0.4, 0.5) is 5.82 Å². The zero-order chi connectivity index (χ0) is 22.5. The van der Waals surface area contributed by atoms with Crippen LogP contribution in [0.5, 0.6) is 11.5 Å². The molecule has 0 aliphatic carbocycles. The van der Waals surface area contributed by atoms with Gasteiger partial charge in [-0.3, -0.25) is 0 Å². The number of methoxy groups -OCH3 is 2. The van der Waals surface area contributed by atoms with Gasteiger partial charge in [0, 0.05) is 29.9 Å². The third kappa shape index (κ3) is 4.22. The predicted molar refractivity (Wildman–Crippen MR) is 117 cm³/mol. The number of benzene rings is 1. The van der Waals surface area contributed by atoms with Crippen LogP contribution < -0.4 is 14.8 Å².